The maximum absolute atomic E-state index is 12.5. The van der Waals surface area contributed by atoms with Crippen molar-refractivity contribution in [1.29, 1.82) is 0 Å². The highest BCUT2D eigenvalue weighted by atomic mass is 17.2. The van der Waals surface area contributed by atoms with Crippen molar-refractivity contribution in [3.8, 4) is 22.3 Å². The monoisotopic (exact) mass is 506 g/mol. The fourth-order valence-electron chi connectivity index (χ4n) is 4.14. The highest BCUT2D eigenvalue weighted by Gasteiger charge is 2.33. The van der Waals surface area contributed by atoms with Gasteiger partial charge in [0.1, 0.15) is 6.10 Å². The molecule has 4 aromatic carbocycles. The molecule has 0 saturated heterocycles. The minimum Gasteiger partial charge on any atom is -0.292 e. The number of hydrogen-bond donors (Lipinski definition) is 0. The lowest BCUT2D eigenvalue weighted by molar-refractivity contribution is -0.317. The van der Waals surface area contributed by atoms with E-state index < -0.39 is 18.0 Å². The maximum atomic E-state index is 12.5. The molecule has 1 saturated carbocycles. The van der Waals surface area contributed by atoms with Crippen molar-refractivity contribution in [2.45, 2.75) is 25.4 Å². The van der Waals surface area contributed by atoms with E-state index in [4.69, 9.17) is 19.6 Å². The van der Waals surface area contributed by atoms with Crippen molar-refractivity contribution in [2.24, 2.45) is 0 Å². The first-order valence-electron chi connectivity index (χ1n) is 12.4. The molecule has 4 aromatic rings. The zero-order chi connectivity index (χ0) is 26.2. The van der Waals surface area contributed by atoms with Gasteiger partial charge in [-0.1, -0.05) is 84.9 Å². The van der Waals surface area contributed by atoms with Gasteiger partial charge in [-0.05, 0) is 72.2 Å². The van der Waals surface area contributed by atoms with Crippen LogP contribution in [0.4, 0.5) is 0 Å². The zero-order valence-electron chi connectivity index (χ0n) is 20.6. The van der Waals surface area contributed by atoms with E-state index in [-0.39, 0.29) is 0 Å². The highest BCUT2D eigenvalue weighted by Crippen LogP contribution is 2.30. The van der Waals surface area contributed by atoms with E-state index in [1.54, 1.807) is 24.3 Å². The molecule has 1 aliphatic carbocycles. The van der Waals surface area contributed by atoms with Crippen LogP contribution in [0.25, 0.3) is 22.3 Å². The molecule has 0 heterocycles. The first-order valence-corrected chi connectivity index (χ1v) is 12.4. The van der Waals surface area contributed by atoms with Crippen molar-refractivity contribution in [1.82, 2.24) is 0 Å². The Kier molecular flexibility index (Phi) is 8.23. The molecule has 1 fully saturated rings. The van der Waals surface area contributed by atoms with Gasteiger partial charge in [0.25, 0.3) is 0 Å². The van der Waals surface area contributed by atoms with Gasteiger partial charge >= 0.3 is 11.9 Å². The predicted molar refractivity (Wildman–Crippen MR) is 142 cm³/mol. The molecule has 0 aliphatic heterocycles. The number of benzene rings is 4. The fourth-order valence-corrected chi connectivity index (χ4v) is 4.14. The molecule has 0 aromatic heterocycles. The molecular formula is C32H26O6. The number of carbonyl (C=O) groups is 2. The summed E-state index contributed by atoms with van der Waals surface area (Å²) in [4.78, 5) is 46.0. The van der Waals surface area contributed by atoms with Crippen LogP contribution in [0.2, 0.25) is 0 Å². The summed E-state index contributed by atoms with van der Waals surface area (Å²) in [6.07, 6.45) is 3.38. The Bertz CT molecular complexity index is 1230. The van der Waals surface area contributed by atoms with Gasteiger partial charge in [0, 0.05) is 0 Å². The van der Waals surface area contributed by atoms with Crippen molar-refractivity contribution >= 4 is 11.9 Å². The van der Waals surface area contributed by atoms with Crippen LogP contribution < -0.4 is 0 Å². The second-order valence-corrected chi connectivity index (χ2v) is 8.83. The molecular weight excluding hydrogens is 480 g/mol. The third kappa shape index (κ3) is 6.35. The molecule has 6 nitrogen and oxygen atoms in total. The van der Waals surface area contributed by atoms with E-state index in [1.807, 2.05) is 91.3 Å². The molecule has 190 valence electrons. The van der Waals surface area contributed by atoms with Gasteiger partial charge < -0.3 is 0 Å². The second-order valence-electron chi connectivity index (χ2n) is 8.83. The molecule has 0 bridgehead atoms. The van der Waals surface area contributed by atoms with E-state index in [0.717, 1.165) is 28.7 Å². The summed E-state index contributed by atoms with van der Waals surface area (Å²) < 4.78 is 0. The van der Waals surface area contributed by atoms with Crippen LogP contribution in [0.15, 0.2) is 109 Å². The van der Waals surface area contributed by atoms with E-state index in [1.165, 1.54) is 0 Å². The number of rotatable bonds is 8. The summed E-state index contributed by atoms with van der Waals surface area (Å²) in [5.41, 5.74) is 4.81. The standard InChI is InChI=1S/C32H26O6/c33-31(27-19-15-25(16-20-27)23-9-3-1-4-10-23)37-35-29-13-7-8-14-30(29)36-38-32(34)28-21-17-26(18-22-28)24-11-5-2-6-12-24/h1-7,9-12,15-22,29H,8,13-14H2. The third-order valence-corrected chi connectivity index (χ3v) is 6.25. The molecule has 1 aliphatic rings. The average Bonchev–Trinajstić information content (AvgIpc) is 3.00. The summed E-state index contributed by atoms with van der Waals surface area (Å²) in [5.74, 6) is -1.24. The van der Waals surface area contributed by atoms with Crippen molar-refractivity contribution in [3.05, 3.63) is 133 Å². The second kappa shape index (κ2) is 12.3. The third-order valence-electron chi connectivity index (χ3n) is 6.25. The van der Waals surface area contributed by atoms with Crippen molar-refractivity contribution < 1.29 is 29.1 Å². The molecule has 1 unspecified atom stereocenters. The summed E-state index contributed by atoms with van der Waals surface area (Å²) in [6, 6.07) is 33.9. The van der Waals surface area contributed by atoms with Gasteiger partial charge in [0.05, 0.1) is 11.1 Å². The van der Waals surface area contributed by atoms with Crippen LogP contribution in [0.5, 0.6) is 0 Å². The van der Waals surface area contributed by atoms with Crippen LogP contribution >= 0.6 is 0 Å². The first-order chi connectivity index (χ1) is 18.7. The molecule has 5 rings (SSSR count). The lowest BCUT2D eigenvalue weighted by atomic mass is 9.95. The van der Waals surface area contributed by atoms with Gasteiger partial charge in [-0.25, -0.2) is 9.59 Å². The van der Waals surface area contributed by atoms with Gasteiger partial charge in [0.15, 0.2) is 6.10 Å². The molecule has 6 heteroatoms. The average molecular weight is 507 g/mol. The molecule has 2 radical (unpaired) electrons. The predicted octanol–water partition coefficient (Wildman–Crippen LogP) is 7.19. The van der Waals surface area contributed by atoms with Crippen molar-refractivity contribution in [2.75, 3.05) is 0 Å². The molecule has 0 N–H and O–H groups in total. The van der Waals surface area contributed by atoms with Crippen LogP contribution in [0.3, 0.4) is 0 Å². The fraction of sp³-hybridized carbons (Fsp3) is 0.125. The Morgan fingerprint density at radius 1 is 0.579 bits per heavy atom. The van der Waals surface area contributed by atoms with Gasteiger partial charge in [0.2, 0.25) is 0 Å². The molecule has 1 atom stereocenters. The molecule has 0 amide bonds. The summed E-state index contributed by atoms with van der Waals surface area (Å²) >= 11 is 0. The largest absolute Gasteiger partial charge is 0.373 e. The minimum atomic E-state index is -0.676. The van der Waals surface area contributed by atoms with E-state index in [9.17, 15) is 9.59 Å². The van der Waals surface area contributed by atoms with Gasteiger partial charge in [-0.15, -0.1) is 0 Å². The minimum absolute atomic E-state index is 0.357. The topological polar surface area (TPSA) is 71.1 Å². The quantitative estimate of drug-likeness (QED) is 0.186. The van der Waals surface area contributed by atoms with Gasteiger partial charge in [-0.2, -0.15) is 9.78 Å². The SMILES string of the molecule is O=C(OO[C]1CC[CH]CC1OOC(=O)c1ccc(-c2ccccc2)cc1)c1ccc(-c2ccccc2)cc1. The maximum Gasteiger partial charge on any atom is 0.373 e. The summed E-state index contributed by atoms with van der Waals surface area (Å²) in [5, 5.41) is 0. The lowest BCUT2D eigenvalue weighted by Gasteiger charge is -2.26. The first kappa shape index (κ1) is 25.4. The Morgan fingerprint density at radius 3 is 1.58 bits per heavy atom. The van der Waals surface area contributed by atoms with Crippen molar-refractivity contribution in [3.63, 3.8) is 0 Å². The van der Waals surface area contributed by atoms with E-state index in [2.05, 4.69) is 0 Å². The Hall–Kier alpha value is -4.26. The van der Waals surface area contributed by atoms with Crippen LogP contribution in [0, 0.1) is 12.5 Å². The van der Waals surface area contributed by atoms with Crippen LogP contribution in [0.1, 0.15) is 40.0 Å². The van der Waals surface area contributed by atoms with Gasteiger partial charge in [-0.3, -0.25) is 9.78 Å². The molecule has 38 heavy (non-hydrogen) atoms. The normalized spacial score (nSPS) is 15.5. The summed E-state index contributed by atoms with van der Waals surface area (Å²) in [7, 11) is 0. The number of hydrogen-bond acceptors (Lipinski definition) is 6. The Morgan fingerprint density at radius 2 is 1.05 bits per heavy atom. The van der Waals surface area contributed by atoms with E-state index in [0.29, 0.717) is 30.1 Å². The summed E-state index contributed by atoms with van der Waals surface area (Å²) in [6.45, 7) is 0. The van der Waals surface area contributed by atoms with Crippen LogP contribution in [-0.2, 0) is 19.6 Å². The number of carbonyl (C=O) groups excluding carboxylic acids is 2. The Labute approximate surface area is 221 Å². The lowest BCUT2D eigenvalue weighted by Crippen LogP contribution is -2.30. The Balaban J connectivity index is 1.13. The zero-order valence-corrected chi connectivity index (χ0v) is 20.6. The smallest absolute Gasteiger partial charge is 0.292 e. The van der Waals surface area contributed by atoms with Crippen LogP contribution in [-0.4, -0.2) is 18.0 Å². The molecule has 0 spiro atoms. The highest BCUT2D eigenvalue weighted by molar-refractivity contribution is 5.90. The van der Waals surface area contributed by atoms with E-state index >= 15 is 0 Å².